The molecule has 0 saturated heterocycles. The molecule has 1 heterocycles. The molecule has 1 aromatic heterocycles. The van der Waals surface area contributed by atoms with Gasteiger partial charge in [0.1, 0.15) is 0 Å². The molecule has 3 rings (SSSR count). The Bertz CT molecular complexity index is 1480. The van der Waals surface area contributed by atoms with Gasteiger partial charge in [0.05, 0.1) is 59.9 Å². The SMILES string of the molecule is CC#N.FC(F)(F)c1cc(C(F)(F)F)c(P(OCc2ccccn2)c2c(C(F)(F)F)cc(C(F)(F)F)cc2C(F)(F)F)c(C(F)(F)F)c1.[CH2-]Cl.[CH3-].[F-].[F-].[F-].[F-].[F-].[F-].[Pd].[Sb+5]. The minimum atomic E-state index is -6.33. The fourth-order valence-corrected chi connectivity index (χ4v) is 6.14. The molecule has 0 aliphatic rings. The maximum atomic E-state index is 14.1. The normalized spacial score (nSPS) is 10.9. The standard InChI is InChI=1S/C24H10F18NOP.C2H3N.CH2Cl.CH3.6FH.Pd.Sb/c25-19(26,27)10-5-13(21(31,32)33)17(14(6-10)22(34,35)36)45(44-9-12-3-1-2-4-43-12)18-15(23(37,38)39)7-11(20(28,29)30)8-16(18)24(40,41)42;1-2-3;1-2;;;;;;;;;/h1-8H,9H2;1H3;1H2;1H3;6*1H;;/q;;2*-1;;;;;;;;+5/p-6. The number of nitriles is 1. The summed E-state index contributed by atoms with van der Waals surface area (Å²) in [5.74, 6) is 0. The van der Waals surface area contributed by atoms with Gasteiger partial charge >= 0.3 is 61.5 Å². The van der Waals surface area contributed by atoms with E-state index in [4.69, 9.17) is 9.79 Å². The van der Waals surface area contributed by atoms with Crippen LogP contribution in [0.5, 0.6) is 0 Å². The largest absolute Gasteiger partial charge is 5.00 e. The molecule has 2 aromatic carbocycles. The van der Waals surface area contributed by atoms with Crippen LogP contribution in [0, 0.1) is 25.1 Å². The van der Waals surface area contributed by atoms with E-state index in [-0.39, 0.29) is 80.5 Å². The summed E-state index contributed by atoms with van der Waals surface area (Å²) >= 11 is 4.39. The first kappa shape index (κ1) is 77.2. The van der Waals surface area contributed by atoms with Gasteiger partial charge in [-0.3, -0.25) is 11.4 Å². The molecule has 31 heteroatoms. The summed E-state index contributed by atoms with van der Waals surface area (Å²) < 4.78 is 255. The monoisotopic (exact) mass is 1150 g/mol. The van der Waals surface area contributed by atoms with Gasteiger partial charge < -0.3 is 51.8 Å². The summed E-state index contributed by atoms with van der Waals surface area (Å²) in [4.78, 5) is 3.51. The average molecular weight is 1150 g/mol. The number of hydrogen-bond donors (Lipinski definition) is 0. The molecular formula is C28H18ClF24N2OPPdSb-3. The maximum absolute atomic E-state index is 14.1. The van der Waals surface area contributed by atoms with Gasteiger partial charge in [0.15, 0.2) is 0 Å². The van der Waals surface area contributed by atoms with Gasteiger partial charge in [0, 0.05) is 44.2 Å². The molecular weight excluding hydrogens is 1130 g/mol. The molecule has 0 radical (unpaired) electrons. The van der Waals surface area contributed by atoms with Gasteiger partial charge in [-0.05, 0) is 36.4 Å². The first-order chi connectivity index (χ1) is 22.5. The van der Waals surface area contributed by atoms with E-state index in [2.05, 4.69) is 23.0 Å². The predicted octanol–water partition coefficient (Wildman–Crippen LogP) is -6.60. The van der Waals surface area contributed by atoms with Crippen molar-refractivity contribution >= 4 is 54.8 Å². The molecule has 0 unspecified atom stereocenters. The number of rotatable bonds is 5. The number of nitrogens with zero attached hydrogens (tertiary/aromatic N) is 2. The third-order valence-corrected chi connectivity index (χ3v) is 7.73. The minimum Gasteiger partial charge on any atom is -1.00 e. The number of alkyl halides is 18. The van der Waals surface area contributed by atoms with Crippen LogP contribution < -0.4 is 38.8 Å². The Morgan fingerprint density at radius 1 is 0.593 bits per heavy atom. The number of hydrogen-bond acceptors (Lipinski definition) is 3. The Labute approximate surface area is 354 Å². The third-order valence-electron chi connectivity index (χ3n) is 5.57. The first-order valence-corrected chi connectivity index (χ1v) is 14.0. The van der Waals surface area contributed by atoms with Crippen LogP contribution >= 0.6 is 19.7 Å². The molecule has 0 saturated carbocycles. The van der Waals surface area contributed by atoms with Crippen LogP contribution in [-0.2, 0) is 68.6 Å². The van der Waals surface area contributed by atoms with Crippen molar-refractivity contribution in [3.8, 4) is 6.07 Å². The van der Waals surface area contributed by atoms with Crippen molar-refractivity contribution in [3.63, 3.8) is 0 Å². The second-order valence-electron chi connectivity index (χ2n) is 8.94. The summed E-state index contributed by atoms with van der Waals surface area (Å²) in [5.41, 5.74) is -17.8. The maximum Gasteiger partial charge on any atom is 5.00 e. The first-order valence-electron chi connectivity index (χ1n) is 12.2. The number of benzene rings is 2. The van der Waals surface area contributed by atoms with Crippen LogP contribution in [0.4, 0.5) is 79.0 Å². The Kier molecular flexibility index (Phi) is 37.9. The Morgan fingerprint density at radius 2 is 0.847 bits per heavy atom. The third kappa shape index (κ3) is 21.3. The van der Waals surface area contributed by atoms with Crippen molar-refractivity contribution in [3.05, 3.63) is 102 Å². The molecule has 0 bridgehead atoms. The van der Waals surface area contributed by atoms with Gasteiger partial charge in [0.2, 0.25) is 0 Å². The number of aromatic nitrogens is 1. The number of pyridine rings is 1. The van der Waals surface area contributed by atoms with Crippen LogP contribution in [0.25, 0.3) is 0 Å². The second-order valence-corrected chi connectivity index (χ2v) is 10.7. The van der Waals surface area contributed by atoms with E-state index in [9.17, 15) is 79.0 Å². The van der Waals surface area contributed by atoms with Crippen LogP contribution in [-0.4, -0.2) is 29.4 Å². The van der Waals surface area contributed by atoms with E-state index in [1.54, 1.807) is 6.07 Å². The Hall–Kier alpha value is -2.44. The molecule has 3 nitrogen and oxygen atoms in total. The molecule has 344 valence electrons. The number of halogens is 25. The zero-order valence-corrected chi connectivity index (χ0v) is 33.8. The van der Waals surface area contributed by atoms with E-state index >= 15 is 0 Å². The van der Waals surface area contributed by atoms with Crippen molar-refractivity contribution in [2.75, 3.05) is 0 Å². The van der Waals surface area contributed by atoms with Crippen LogP contribution in [0.3, 0.4) is 0 Å². The van der Waals surface area contributed by atoms with Gasteiger partial charge in [-0.15, -0.1) is 0 Å². The molecule has 0 N–H and O–H groups in total. The Balaban J connectivity index is -0.000000244. The molecule has 0 atom stereocenters. The van der Waals surface area contributed by atoms with E-state index in [1.165, 1.54) is 13.0 Å². The summed E-state index contributed by atoms with van der Waals surface area (Å²) in [7, 11) is -4.87. The summed E-state index contributed by atoms with van der Waals surface area (Å²) in [6.45, 7) is -0.0161. The molecule has 0 aliphatic heterocycles. The quantitative estimate of drug-likeness (QED) is 0.111. The Morgan fingerprint density at radius 3 is 1.03 bits per heavy atom. The predicted molar refractivity (Wildman–Crippen MR) is 153 cm³/mol. The molecule has 0 spiro atoms. The molecule has 0 amide bonds. The molecule has 0 fully saturated rings. The fraction of sp³-hybridized carbons (Fsp3) is 0.286. The van der Waals surface area contributed by atoms with Crippen LogP contribution in [0.15, 0.2) is 48.7 Å². The summed E-state index contributed by atoms with van der Waals surface area (Å²) in [6.07, 6.45) is -33.6. The zero-order valence-electron chi connectivity index (χ0n) is 28.0. The minimum absolute atomic E-state index is 0. The van der Waals surface area contributed by atoms with Crippen molar-refractivity contribution < 1.29 is 132 Å². The second kappa shape index (κ2) is 29.0. The van der Waals surface area contributed by atoms with Crippen LogP contribution in [0.1, 0.15) is 46.0 Å². The molecule has 59 heavy (non-hydrogen) atoms. The van der Waals surface area contributed by atoms with E-state index in [1.807, 2.05) is 0 Å². The van der Waals surface area contributed by atoms with Crippen molar-refractivity contribution in [1.29, 1.82) is 5.26 Å². The zero-order chi connectivity index (χ0) is 39.3. The summed E-state index contributed by atoms with van der Waals surface area (Å²) in [5, 5.41) is 2.02. The fourth-order valence-electron chi connectivity index (χ4n) is 3.75. The topological polar surface area (TPSA) is 45.9 Å². The van der Waals surface area contributed by atoms with Gasteiger partial charge in [0.25, 0.3) is 0 Å². The molecule has 0 aliphatic carbocycles. The van der Waals surface area contributed by atoms with Crippen molar-refractivity contribution in [1.82, 2.24) is 4.98 Å². The average Bonchev–Trinajstić information content (AvgIpc) is 2.95. The smallest absolute Gasteiger partial charge is 1.00 e. The van der Waals surface area contributed by atoms with Crippen molar-refractivity contribution in [2.24, 2.45) is 0 Å². The van der Waals surface area contributed by atoms with Crippen LogP contribution in [0.2, 0.25) is 0 Å². The van der Waals surface area contributed by atoms with Gasteiger partial charge in [-0.1, -0.05) is 6.07 Å². The van der Waals surface area contributed by atoms with Gasteiger partial charge in [-0.2, -0.15) is 84.3 Å². The van der Waals surface area contributed by atoms with E-state index < -0.39 is 126 Å². The van der Waals surface area contributed by atoms with Crippen molar-refractivity contribution in [2.45, 2.75) is 50.6 Å². The van der Waals surface area contributed by atoms with Gasteiger partial charge in [-0.25, -0.2) is 0 Å². The van der Waals surface area contributed by atoms with E-state index in [0.717, 1.165) is 18.3 Å². The summed E-state index contributed by atoms with van der Waals surface area (Å²) in [6, 6.07) is 0.949. The molecule has 3 aromatic rings. The van der Waals surface area contributed by atoms with E-state index in [0.29, 0.717) is 0 Å².